The first-order chi connectivity index (χ1) is 10.4. The fourth-order valence-corrected chi connectivity index (χ4v) is 2.25. The molecule has 0 aliphatic carbocycles. The van der Waals surface area contributed by atoms with Gasteiger partial charge in [0.2, 0.25) is 5.91 Å². The number of carbonyl (C=O) groups excluding carboxylic acids is 1. The van der Waals surface area contributed by atoms with E-state index in [1.807, 2.05) is 0 Å². The summed E-state index contributed by atoms with van der Waals surface area (Å²) in [6, 6.07) is 6.59. The molecule has 1 aromatic rings. The minimum atomic E-state index is -3.58. The second kappa shape index (κ2) is 8.72. The molecule has 0 saturated heterocycles. The number of rotatable bonds is 9. The highest BCUT2D eigenvalue weighted by atomic mass is 32.2. The molecule has 0 aliphatic heterocycles. The molecule has 0 unspecified atom stereocenters. The Morgan fingerprint density at radius 1 is 1.23 bits per heavy atom. The Hall–Kier alpha value is -1.64. The molecule has 1 rings (SSSR count). The normalized spacial score (nSPS) is 11.2. The molecule has 0 heterocycles. The summed E-state index contributed by atoms with van der Waals surface area (Å²) in [4.78, 5) is 13.6. The molecule has 0 N–H and O–H groups in total. The lowest BCUT2D eigenvalue weighted by molar-refractivity contribution is -0.136. The van der Waals surface area contributed by atoms with Crippen molar-refractivity contribution in [2.75, 3.05) is 40.2 Å². The van der Waals surface area contributed by atoms with E-state index >= 15 is 0 Å². The van der Waals surface area contributed by atoms with Crippen molar-refractivity contribution in [2.45, 2.75) is 6.54 Å². The Balaban J connectivity index is 2.83. The van der Waals surface area contributed by atoms with E-state index in [2.05, 4.69) is 0 Å². The van der Waals surface area contributed by atoms with Gasteiger partial charge >= 0.3 is 10.1 Å². The van der Waals surface area contributed by atoms with E-state index in [4.69, 9.17) is 13.7 Å². The van der Waals surface area contributed by atoms with Gasteiger partial charge in [0.1, 0.15) is 12.4 Å². The third-order valence-corrected chi connectivity index (χ3v) is 3.20. The molecule has 0 bridgehead atoms. The van der Waals surface area contributed by atoms with Gasteiger partial charge in [0.15, 0.2) is 0 Å². The van der Waals surface area contributed by atoms with Crippen LogP contribution >= 0.6 is 0 Å². The average molecular weight is 331 g/mol. The van der Waals surface area contributed by atoms with Crippen LogP contribution in [-0.4, -0.2) is 59.5 Å². The Kier molecular flexibility index (Phi) is 7.30. The molecule has 124 valence electrons. The summed E-state index contributed by atoms with van der Waals surface area (Å²) < 4.78 is 37.0. The van der Waals surface area contributed by atoms with Gasteiger partial charge in [-0.05, 0) is 17.7 Å². The summed E-state index contributed by atoms with van der Waals surface area (Å²) in [7, 11) is -0.576. The predicted molar refractivity (Wildman–Crippen MR) is 81.1 cm³/mol. The number of benzene rings is 1. The molecule has 0 radical (unpaired) electrons. The smallest absolute Gasteiger partial charge is 0.306 e. The number of methoxy groups -OCH3 is 2. The molecule has 1 amide bonds. The number of ether oxygens (including phenoxy) is 2. The third-order valence-electron chi connectivity index (χ3n) is 2.71. The highest BCUT2D eigenvalue weighted by Crippen LogP contribution is 2.16. The van der Waals surface area contributed by atoms with Gasteiger partial charge in [-0.1, -0.05) is 12.1 Å². The van der Waals surface area contributed by atoms with Gasteiger partial charge in [0, 0.05) is 27.3 Å². The number of hydrogen-bond donors (Lipinski definition) is 0. The standard InChI is InChI=1S/C14H21NO6S/c1-19-8-7-15(14(16)11-20-2)10-12-5-4-6-13(9-12)21-22(3,17)18/h4-6,9H,7-8,10-11H2,1-3H3. The van der Waals surface area contributed by atoms with E-state index in [1.54, 1.807) is 36.3 Å². The first-order valence-electron chi connectivity index (χ1n) is 6.59. The van der Waals surface area contributed by atoms with Crippen LogP contribution in [0.2, 0.25) is 0 Å². The minimum Gasteiger partial charge on any atom is -0.383 e. The first-order valence-corrected chi connectivity index (χ1v) is 8.41. The van der Waals surface area contributed by atoms with Crippen molar-refractivity contribution in [3.63, 3.8) is 0 Å². The lowest BCUT2D eigenvalue weighted by Crippen LogP contribution is -2.35. The zero-order chi connectivity index (χ0) is 16.6. The summed E-state index contributed by atoms with van der Waals surface area (Å²) in [5, 5.41) is 0. The fraction of sp³-hybridized carbons (Fsp3) is 0.500. The molecule has 0 atom stereocenters. The molecule has 22 heavy (non-hydrogen) atoms. The predicted octanol–water partition coefficient (Wildman–Crippen LogP) is 0.646. The van der Waals surface area contributed by atoms with Crippen LogP contribution in [0.25, 0.3) is 0 Å². The molecule has 0 aromatic heterocycles. The van der Waals surface area contributed by atoms with Crippen molar-refractivity contribution in [1.82, 2.24) is 4.90 Å². The summed E-state index contributed by atoms with van der Waals surface area (Å²) >= 11 is 0. The van der Waals surface area contributed by atoms with Crippen molar-refractivity contribution >= 4 is 16.0 Å². The van der Waals surface area contributed by atoms with Gasteiger partial charge in [-0.2, -0.15) is 8.42 Å². The Morgan fingerprint density at radius 2 is 1.95 bits per heavy atom. The van der Waals surface area contributed by atoms with Gasteiger partial charge in [-0.3, -0.25) is 4.79 Å². The largest absolute Gasteiger partial charge is 0.383 e. The van der Waals surface area contributed by atoms with Crippen LogP contribution in [0.1, 0.15) is 5.56 Å². The van der Waals surface area contributed by atoms with Gasteiger partial charge in [0.25, 0.3) is 0 Å². The van der Waals surface area contributed by atoms with Gasteiger partial charge in [-0.25, -0.2) is 0 Å². The molecule has 0 saturated carbocycles. The summed E-state index contributed by atoms with van der Waals surface area (Å²) in [6.45, 7) is 1.10. The molecular weight excluding hydrogens is 310 g/mol. The number of carbonyl (C=O) groups is 1. The molecule has 1 aromatic carbocycles. The monoisotopic (exact) mass is 331 g/mol. The zero-order valence-corrected chi connectivity index (χ0v) is 13.8. The van der Waals surface area contributed by atoms with E-state index < -0.39 is 10.1 Å². The fourth-order valence-electron chi connectivity index (χ4n) is 1.80. The second-order valence-corrected chi connectivity index (χ2v) is 6.25. The lowest BCUT2D eigenvalue weighted by Gasteiger charge is -2.22. The van der Waals surface area contributed by atoms with Crippen LogP contribution in [0, 0.1) is 0 Å². The van der Waals surface area contributed by atoms with Crippen LogP contribution in [0.3, 0.4) is 0 Å². The van der Waals surface area contributed by atoms with Crippen molar-refractivity contribution in [3.8, 4) is 5.75 Å². The number of hydrogen-bond acceptors (Lipinski definition) is 6. The number of amides is 1. The summed E-state index contributed by atoms with van der Waals surface area (Å²) in [5.74, 6) is 0.0415. The van der Waals surface area contributed by atoms with Gasteiger partial charge in [0.05, 0.1) is 12.9 Å². The van der Waals surface area contributed by atoms with Crippen molar-refractivity contribution in [3.05, 3.63) is 29.8 Å². The quantitative estimate of drug-likeness (QED) is 0.618. The molecular formula is C14H21NO6S. The maximum atomic E-state index is 12.0. The average Bonchev–Trinajstić information content (AvgIpc) is 2.42. The number of nitrogens with zero attached hydrogens (tertiary/aromatic N) is 1. The van der Waals surface area contributed by atoms with E-state index in [1.165, 1.54) is 7.11 Å². The van der Waals surface area contributed by atoms with Gasteiger partial charge < -0.3 is 18.6 Å². The van der Waals surface area contributed by atoms with Crippen LogP contribution < -0.4 is 4.18 Å². The second-order valence-electron chi connectivity index (χ2n) is 4.68. The van der Waals surface area contributed by atoms with E-state index in [0.717, 1.165) is 11.8 Å². The SMILES string of the molecule is COCCN(Cc1cccc(OS(C)(=O)=O)c1)C(=O)COC. The highest BCUT2D eigenvalue weighted by Gasteiger charge is 2.14. The van der Waals surface area contributed by atoms with Crippen LogP contribution in [0.5, 0.6) is 5.75 Å². The van der Waals surface area contributed by atoms with E-state index in [-0.39, 0.29) is 18.3 Å². The van der Waals surface area contributed by atoms with E-state index in [0.29, 0.717) is 19.7 Å². The molecule has 0 spiro atoms. The Labute approximate surface area is 130 Å². The highest BCUT2D eigenvalue weighted by molar-refractivity contribution is 7.86. The molecule has 7 nitrogen and oxygen atoms in total. The summed E-state index contributed by atoms with van der Waals surface area (Å²) in [5.41, 5.74) is 0.752. The minimum absolute atomic E-state index is 0.0246. The van der Waals surface area contributed by atoms with Gasteiger partial charge in [-0.15, -0.1) is 0 Å². The van der Waals surface area contributed by atoms with Crippen molar-refractivity contribution in [1.29, 1.82) is 0 Å². The third kappa shape index (κ3) is 6.88. The van der Waals surface area contributed by atoms with Crippen molar-refractivity contribution in [2.24, 2.45) is 0 Å². The topological polar surface area (TPSA) is 82.1 Å². The molecule has 8 heteroatoms. The van der Waals surface area contributed by atoms with Crippen LogP contribution in [0.15, 0.2) is 24.3 Å². The lowest BCUT2D eigenvalue weighted by atomic mass is 10.2. The Morgan fingerprint density at radius 3 is 2.55 bits per heavy atom. The first kappa shape index (κ1) is 18.4. The molecule has 0 fully saturated rings. The van der Waals surface area contributed by atoms with Crippen molar-refractivity contribution < 1.29 is 26.9 Å². The van der Waals surface area contributed by atoms with E-state index in [9.17, 15) is 13.2 Å². The summed E-state index contributed by atoms with van der Waals surface area (Å²) in [6.07, 6.45) is 0.979. The van der Waals surface area contributed by atoms with Crippen LogP contribution in [0.4, 0.5) is 0 Å². The molecule has 0 aliphatic rings. The van der Waals surface area contributed by atoms with Crippen LogP contribution in [-0.2, 0) is 30.9 Å². The maximum Gasteiger partial charge on any atom is 0.306 e. The maximum absolute atomic E-state index is 12.0. The zero-order valence-electron chi connectivity index (χ0n) is 12.9. The Bertz CT molecular complexity index is 587.